The molecule has 4 atom stereocenters. The quantitative estimate of drug-likeness (QED) is 0.788. The molecule has 1 amide bonds. The van der Waals surface area contributed by atoms with Crippen molar-refractivity contribution in [1.82, 2.24) is 4.90 Å². The van der Waals surface area contributed by atoms with Crippen molar-refractivity contribution < 1.29 is 14.3 Å². The standard InChI is InChI=1S/C23H24N2O3/c1-2-17-15-25-13-12-18(17)14-20(25)16-27-23(26)24-19-8-10-22(11-9-19)28-21-6-4-3-5-7-21/h1,3-11,17-18,20H,12-16H2,(H,24,26). The Bertz CT molecular complexity index is 844. The molecule has 28 heavy (non-hydrogen) atoms. The van der Waals surface area contributed by atoms with Crippen molar-refractivity contribution in [2.24, 2.45) is 11.8 Å². The van der Waals surface area contributed by atoms with Crippen LogP contribution in [0.25, 0.3) is 0 Å². The number of anilines is 1. The molecule has 2 aromatic rings. The topological polar surface area (TPSA) is 50.8 Å². The fourth-order valence-corrected chi connectivity index (χ4v) is 4.06. The highest BCUT2D eigenvalue weighted by molar-refractivity contribution is 5.84. The summed E-state index contributed by atoms with van der Waals surface area (Å²) < 4.78 is 11.2. The van der Waals surface area contributed by atoms with E-state index >= 15 is 0 Å². The largest absolute Gasteiger partial charge is 0.457 e. The first-order valence-corrected chi connectivity index (χ1v) is 9.68. The van der Waals surface area contributed by atoms with Crippen molar-refractivity contribution >= 4 is 11.8 Å². The highest BCUT2D eigenvalue weighted by Gasteiger charge is 2.39. The summed E-state index contributed by atoms with van der Waals surface area (Å²) in [5, 5.41) is 2.77. The number of piperidine rings is 3. The molecule has 1 N–H and O–H groups in total. The van der Waals surface area contributed by atoms with Gasteiger partial charge in [0.1, 0.15) is 18.1 Å². The zero-order valence-corrected chi connectivity index (χ0v) is 15.7. The number of ether oxygens (including phenoxy) is 2. The van der Waals surface area contributed by atoms with Crippen LogP contribution in [0.1, 0.15) is 12.8 Å². The summed E-state index contributed by atoms with van der Waals surface area (Å²) in [5.41, 5.74) is 0.670. The lowest BCUT2D eigenvalue weighted by Crippen LogP contribution is -2.54. The molecule has 5 rings (SSSR count). The van der Waals surface area contributed by atoms with Crippen molar-refractivity contribution in [1.29, 1.82) is 0 Å². The van der Waals surface area contributed by atoms with E-state index in [1.54, 1.807) is 12.1 Å². The number of hydrogen-bond acceptors (Lipinski definition) is 4. The van der Waals surface area contributed by atoms with Gasteiger partial charge in [0.2, 0.25) is 0 Å². The molecule has 2 aromatic carbocycles. The van der Waals surface area contributed by atoms with E-state index in [2.05, 4.69) is 16.1 Å². The van der Waals surface area contributed by atoms with E-state index < -0.39 is 6.09 Å². The van der Waals surface area contributed by atoms with E-state index in [0.29, 0.717) is 29.9 Å². The number of amides is 1. The number of benzene rings is 2. The van der Waals surface area contributed by atoms with E-state index in [-0.39, 0.29) is 6.04 Å². The third-order valence-electron chi connectivity index (χ3n) is 5.58. The predicted octanol–water partition coefficient (Wildman–Crippen LogP) is 4.37. The Hall–Kier alpha value is -2.97. The van der Waals surface area contributed by atoms with Crippen LogP contribution >= 0.6 is 0 Å². The lowest BCUT2D eigenvalue weighted by Gasteiger charge is -2.48. The van der Waals surface area contributed by atoms with Gasteiger partial charge in [0, 0.05) is 24.2 Å². The Labute approximate surface area is 165 Å². The van der Waals surface area contributed by atoms with Gasteiger partial charge in [-0.25, -0.2) is 4.79 Å². The maximum atomic E-state index is 12.1. The Morgan fingerprint density at radius 3 is 2.57 bits per heavy atom. The zero-order valence-electron chi connectivity index (χ0n) is 15.7. The van der Waals surface area contributed by atoms with E-state index in [9.17, 15) is 4.79 Å². The van der Waals surface area contributed by atoms with Crippen LogP contribution in [0.5, 0.6) is 11.5 Å². The van der Waals surface area contributed by atoms with Crippen LogP contribution in [-0.4, -0.2) is 36.7 Å². The van der Waals surface area contributed by atoms with Gasteiger partial charge in [-0.2, -0.15) is 0 Å². The van der Waals surface area contributed by atoms with Gasteiger partial charge in [-0.15, -0.1) is 12.3 Å². The van der Waals surface area contributed by atoms with Gasteiger partial charge >= 0.3 is 6.09 Å². The van der Waals surface area contributed by atoms with Crippen LogP contribution in [-0.2, 0) is 4.74 Å². The van der Waals surface area contributed by atoms with Crippen LogP contribution in [0.3, 0.4) is 0 Å². The van der Waals surface area contributed by atoms with Gasteiger partial charge in [0.05, 0.1) is 0 Å². The third kappa shape index (κ3) is 4.29. The van der Waals surface area contributed by atoms with Crippen LogP contribution < -0.4 is 10.1 Å². The molecule has 4 unspecified atom stereocenters. The Morgan fingerprint density at radius 2 is 1.89 bits per heavy atom. The molecule has 3 fully saturated rings. The molecule has 3 aliphatic rings. The maximum Gasteiger partial charge on any atom is 0.411 e. The first-order chi connectivity index (χ1) is 13.7. The van der Waals surface area contributed by atoms with Gasteiger partial charge in [-0.1, -0.05) is 18.2 Å². The second-order valence-corrected chi connectivity index (χ2v) is 7.37. The number of carbonyl (C=O) groups is 1. The number of fused-ring (bicyclic) bond motifs is 3. The lowest BCUT2D eigenvalue weighted by atomic mass is 9.76. The number of rotatable bonds is 5. The zero-order chi connectivity index (χ0) is 19.3. The summed E-state index contributed by atoms with van der Waals surface area (Å²) in [6.45, 7) is 2.36. The van der Waals surface area contributed by atoms with Crippen molar-refractivity contribution in [2.45, 2.75) is 18.9 Å². The number of para-hydroxylation sites is 1. The normalized spacial score (nSPS) is 25.5. The van der Waals surface area contributed by atoms with Gasteiger partial charge in [-0.3, -0.25) is 10.2 Å². The molecular weight excluding hydrogens is 352 g/mol. The lowest BCUT2D eigenvalue weighted by molar-refractivity contribution is -0.00665. The SMILES string of the molecule is C#CC1CN2CCC1CC2COC(=O)Nc1ccc(Oc2ccccc2)cc1. The molecule has 3 heterocycles. The first-order valence-electron chi connectivity index (χ1n) is 9.68. The van der Waals surface area contributed by atoms with Gasteiger partial charge in [-0.05, 0) is 61.7 Å². The number of nitrogens with one attached hydrogen (secondary N) is 1. The molecule has 5 heteroatoms. The molecule has 0 aromatic heterocycles. The monoisotopic (exact) mass is 376 g/mol. The van der Waals surface area contributed by atoms with Crippen LogP contribution in [0.15, 0.2) is 54.6 Å². The van der Waals surface area contributed by atoms with Gasteiger partial charge in [0.15, 0.2) is 0 Å². The van der Waals surface area contributed by atoms with Crippen LogP contribution in [0.4, 0.5) is 10.5 Å². The minimum Gasteiger partial charge on any atom is -0.457 e. The molecule has 5 nitrogen and oxygen atoms in total. The molecule has 3 aliphatic heterocycles. The second-order valence-electron chi connectivity index (χ2n) is 7.37. The molecule has 0 saturated carbocycles. The summed E-state index contributed by atoms with van der Waals surface area (Å²) >= 11 is 0. The van der Waals surface area contributed by atoms with Gasteiger partial charge in [0.25, 0.3) is 0 Å². The highest BCUT2D eigenvalue weighted by atomic mass is 16.5. The fraction of sp³-hybridized carbons (Fsp3) is 0.348. The average molecular weight is 376 g/mol. The van der Waals surface area contributed by atoms with Crippen molar-refractivity contribution in [3.05, 3.63) is 54.6 Å². The molecule has 0 radical (unpaired) electrons. The predicted molar refractivity (Wildman–Crippen MR) is 108 cm³/mol. The summed E-state index contributed by atoms with van der Waals surface area (Å²) in [6.07, 6.45) is 7.33. The Balaban J connectivity index is 1.25. The van der Waals surface area contributed by atoms with Crippen molar-refractivity contribution in [3.8, 4) is 23.8 Å². The Kier molecular flexibility index (Phi) is 5.50. The number of nitrogens with zero attached hydrogens (tertiary/aromatic N) is 1. The highest BCUT2D eigenvalue weighted by Crippen LogP contribution is 2.35. The molecular formula is C23H24N2O3. The molecule has 144 valence electrons. The number of hydrogen-bond donors (Lipinski definition) is 1. The van der Waals surface area contributed by atoms with E-state index in [1.807, 2.05) is 42.5 Å². The molecule has 3 saturated heterocycles. The van der Waals surface area contributed by atoms with E-state index in [0.717, 1.165) is 31.7 Å². The number of carbonyl (C=O) groups excluding carboxylic acids is 1. The second kappa shape index (κ2) is 8.37. The fourth-order valence-electron chi connectivity index (χ4n) is 4.06. The average Bonchev–Trinajstić information content (AvgIpc) is 2.75. The van der Waals surface area contributed by atoms with Crippen LogP contribution in [0.2, 0.25) is 0 Å². The smallest absolute Gasteiger partial charge is 0.411 e. The minimum absolute atomic E-state index is 0.274. The van der Waals surface area contributed by atoms with E-state index in [4.69, 9.17) is 15.9 Å². The summed E-state index contributed by atoms with van der Waals surface area (Å²) in [4.78, 5) is 14.5. The first kappa shape index (κ1) is 18.4. The third-order valence-corrected chi connectivity index (χ3v) is 5.58. The summed E-state index contributed by atoms with van der Waals surface area (Å²) in [5.74, 6) is 5.28. The van der Waals surface area contributed by atoms with Gasteiger partial charge < -0.3 is 9.47 Å². The van der Waals surface area contributed by atoms with Crippen molar-refractivity contribution in [2.75, 3.05) is 25.0 Å². The summed E-state index contributed by atoms with van der Waals surface area (Å²) in [6, 6.07) is 17.1. The van der Waals surface area contributed by atoms with E-state index in [1.165, 1.54) is 0 Å². The minimum atomic E-state index is -0.437. The van der Waals surface area contributed by atoms with Crippen molar-refractivity contribution in [3.63, 3.8) is 0 Å². The number of terminal acetylenes is 1. The Morgan fingerprint density at radius 1 is 1.14 bits per heavy atom. The van der Waals surface area contributed by atoms with Crippen LogP contribution in [0, 0.1) is 24.2 Å². The molecule has 0 aliphatic carbocycles. The molecule has 0 spiro atoms. The summed E-state index contributed by atoms with van der Waals surface area (Å²) in [7, 11) is 0. The maximum absolute atomic E-state index is 12.1. The molecule has 2 bridgehead atoms.